The van der Waals surface area contributed by atoms with Crippen LogP contribution < -0.4 is 4.74 Å². The monoisotopic (exact) mass is 240 g/mol. The van der Waals surface area contributed by atoms with E-state index in [1.165, 1.54) is 0 Å². The molecule has 1 saturated carbocycles. The molecule has 0 amide bonds. The highest BCUT2D eigenvalue weighted by molar-refractivity contribution is 6.31. The van der Waals surface area contributed by atoms with E-state index in [0.717, 1.165) is 42.0 Å². The van der Waals surface area contributed by atoms with Crippen LogP contribution in [0.5, 0.6) is 5.75 Å². The van der Waals surface area contributed by atoms with Crippen LogP contribution in [-0.4, -0.2) is 17.3 Å². The molecular formula is C13H17ClO2. The van der Waals surface area contributed by atoms with Crippen LogP contribution in [0.25, 0.3) is 0 Å². The van der Waals surface area contributed by atoms with Crippen LogP contribution in [0.15, 0.2) is 18.2 Å². The van der Waals surface area contributed by atoms with Gasteiger partial charge in [-0.25, -0.2) is 0 Å². The number of halogens is 1. The number of ether oxygens (including phenoxy) is 1. The first-order valence-corrected chi connectivity index (χ1v) is 6.15. The number of benzene rings is 1. The highest BCUT2D eigenvalue weighted by Crippen LogP contribution is 2.26. The minimum absolute atomic E-state index is 0.0608. The lowest BCUT2D eigenvalue weighted by molar-refractivity contribution is 0.00685. The Balaban J connectivity index is 2.05. The summed E-state index contributed by atoms with van der Waals surface area (Å²) < 4.78 is 5.79. The fourth-order valence-electron chi connectivity index (χ4n) is 2.08. The van der Waals surface area contributed by atoms with Crippen molar-refractivity contribution in [3.63, 3.8) is 0 Å². The summed E-state index contributed by atoms with van der Waals surface area (Å²) in [4.78, 5) is 0. The van der Waals surface area contributed by atoms with E-state index in [4.69, 9.17) is 16.3 Å². The molecule has 88 valence electrons. The Morgan fingerprint density at radius 1 is 1.31 bits per heavy atom. The van der Waals surface area contributed by atoms with Crippen LogP contribution in [0.3, 0.4) is 0 Å². The van der Waals surface area contributed by atoms with E-state index >= 15 is 0 Å². The average Bonchev–Trinajstić information content (AvgIpc) is 2.27. The van der Waals surface area contributed by atoms with E-state index < -0.39 is 0 Å². The van der Waals surface area contributed by atoms with Crippen molar-refractivity contribution in [1.82, 2.24) is 0 Å². The van der Waals surface area contributed by atoms with Crippen LogP contribution in [0.4, 0.5) is 0 Å². The van der Waals surface area contributed by atoms with Gasteiger partial charge >= 0.3 is 0 Å². The predicted molar refractivity (Wildman–Crippen MR) is 65.1 cm³/mol. The minimum atomic E-state index is -0.329. The number of aliphatic hydroxyl groups excluding tert-OH is 1. The molecule has 2 nitrogen and oxygen atoms in total. The molecule has 1 fully saturated rings. The zero-order chi connectivity index (χ0) is 11.5. The quantitative estimate of drug-likeness (QED) is 0.859. The van der Waals surface area contributed by atoms with Gasteiger partial charge in [0.2, 0.25) is 0 Å². The zero-order valence-corrected chi connectivity index (χ0v) is 10.2. The summed E-state index contributed by atoms with van der Waals surface area (Å²) in [5, 5.41) is 10.5. The Morgan fingerprint density at radius 3 is 2.75 bits per heavy atom. The van der Waals surface area contributed by atoms with Gasteiger partial charge in [-0.05, 0) is 49.9 Å². The first kappa shape index (κ1) is 11.7. The number of aliphatic hydroxyl groups is 1. The molecule has 1 N–H and O–H groups in total. The van der Waals surface area contributed by atoms with Crippen LogP contribution >= 0.6 is 11.6 Å². The van der Waals surface area contributed by atoms with Crippen molar-refractivity contribution in [2.45, 2.75) is 44.8 Å². The molecule has 0 spiro atoms. The Morgan fingerprint density at radius 2 is 2.06 bits per heavy atom. The molecule has 2 rings (SSSR count). The third-order valence-corrected chi connectivity index (χ3v) is 3.51. The number of aryl methyl sites for hydroxylation is 1. The second-order valence-corrected chi connectivity index (χ2v) is 4.83. The van der Waals surface area contributed by atoms with Crippen LogP contribution in [0.2, 0.25) is 5.02 Å². The third kappa shape index (κ3) is 2.69. The summed E-state index contributed by atoms with van der Waals surface area (Å²) in [6, 6.07) is 5.61. The molecular weight excluding hydrogens is 224 g/mol. The molecule has 0 aromatic heterocycles. The summed E-state index contributed by atoms with van der Waals surface area (Å²) in [6.45, 7) is 1.95. The molecule has 2 atom stereocenters. The van der Waals surface area contributed by atoms with Gasteiger partial charge in [0, 0.05) is 5.02 Å². The molecule has 0 aliphatic heterocycles. The number of hydrogen-bond donors (Lipinski definition) is 1. The van der Waals surface area contributed by atoms with E-state index in [0.29, 0.717) is 0 Å². The highest BCUT2D eigenvalue weighted by Gasteiger charge is 2.24. The van der Waals surface area contributed by atoms with Crippen molar-refractivity contribution in [2.24, 2.45) is 0 Å². The normalized spacial score (nSPS) is 25.4. The maximum atomic E-state index is 9.80. The van der Waals surface area contributed by atoms with Crippen LogP contribution in [0.1, 0.15) is 31.2 Å². The second-order valence-electron chi connectivity index (χ2n) is 4.42. The van der Waals surface area contributed by atoms with Gasteiger partial charge in [0.05, 0.1) is 6.10 Å². The molecule has 1 aromatic carbocycles. The second kappa shape index (κ2) is 5.07. The summed E-state index contributed by atoms with van der Waals surface area (Å²) >= 11 is 5.95. The van der Waals surface area contributed by atoms with Gasteiger partial charge in [-0.15, -0.1) is 0 Å². The standard InChI is InChI=1S/C13H17ClO2/c1-9-8-10(6-7-11(9)14)16-13-5-3-2-4-12(13)15/h6-8,12-13,15H,2-5H2,1H3/t12-,13-/m0/s1. The summed E-state index contributed by atoms with van der Waals surface area (Å²) in [6.07, 6.45) is 3.62. The molecule has 1 aromatic rings. The summed E-state index contributed by atoms with van der Waals surface area (Å²) in [5.41, 5.74) is 1.00. The lowest BCUT2D eigenvalue weighted by Gasteiger charge is -2.28. The van der Waals surface area contributed by atoms with Gasteiger partial charge in [0.15, 0.2) is 0 Å². The van der Waals surface area contributed by atoms with E-state index in [1.807, 2.05) is 25.1 Å². The minimum Gasteiger partial charge on any atom is -0.488 e. The molecule has 0 bridgehead atoms. The SMILES string of the molecule is Cc1cc(O[C@H]2CCCC[C@@H]2O)ccc1Cl. The van der Waals surface area contributed by atoms with Gasteiger partial charge in [0.25, 0.3) is 0 Å². The van der Waals surface area contributed by atoms with Crippen molar-refractivity contribution in [3.05, 3.63) is 28.8 Å². The van der Waals surface area contributed by atoms with Gasteiger partial charge < -0.3 is 9.84 Å². The Kier molecular flexibility index (Phi) is 3.72. The van der Waals surface area contributed by atoms with E-state index in [9.17, 15) is 5.11 Å². The van der Waals surface area contributed by atoms with Crippen molar-refractivity contribution in [3.8, 4) is 5.75 Å². The van der Waals surface area contributed by atoms with Crippen LogP contribution in [0, 0.1) is 6.92 Å². The fourth-order valence-corrected chi connectivity index (χ4v) is 2.20. The Hall–Kier alpha value is -0.730. The first-order valence-electron chi connectivity index (χ1n) is 5.77. The van der Waals surface area contributed by atoms with Crippen molar-refractivity contribution in [2.75, 3.05) is 0 Å². The van der Waals surface area contributed by atoms with E-state index in [1.54, 1.807) is 0 Å². The molecule has 1 aliphatic rings. The van der Waals surface area contributed by atoms with Gasteiger partial charge in [-0.3, -0.25) is 0 Å². The lowest BCUT2D eigenvalue weighted by atomic mass is 9.95. The largest absolute Gasteiger partial charge is 0.488 e. The molecule has 1 aliphatic carbocycles. The van der Waals surface area contributed by atoms with Gasteiger partial charge in [-0.2, -0.15) is 0 Å². The number of rotatable bonds is 2. The fraction of sp³-hybridized carbons (Fsp3) is 0.538. The summed E-state index contributed by atoms with van der Waals surface area (Å²) in [7, 11) is 0. The van der Waals surface area contributed by atoms with E-state index in [2.05, 4.69) is 0 Å². The van der Waals surface area contributed by atoms with Crippen LogP contribution in [-0.2, 0) is 0 Å². The Bertz CT molecular complexity index is 365. The molecule has 0 unspecified atom stereocenters. The maximum absolute atomic E-state index is 9.80. The molecule has 0 saturated heterocycles. The predicted octanol–water partition coefficient (Wildman–Crippen LogP) is 3.33. The Labute approximate surface area is 101 Å². The first-order chi connectivity index (χ1) is 7.66. The van der Waals surface area contributed by atoms with Crippen molar-refractivity contribution >= 4 is 11.6 Å². The van der Waals surface area contributed by atoms with Gasteiger partial charge in [0.1, 0.15) is 11.9 Å². The third-order valence-electron chi connectivity index (χ3n) is 3.08. The van der Waals surface area contributed by atoms with Crippen molar-refractivity contribution < 1.29 is 9.84 Å². The molecule has 0 radical (unpaired) electrons. The highest BCUT2D eigenvalue weighted by atomic mass is 35.5. The summed E-state index contributed by atoms with van der Waals surface area (Å²) in [5.74, 6) is 0.799. The van der Waals surface area contributed by atoms with Crippen molar-refractivity contribution in [1.29, 1.82) is 0 Å². The topological polar surface area (TPSA) is 29.5 Å². The number of hydrogen-bond acceptors (Lipinski definition) is 2. The molecule has 16 heavy (non-hydrogen) atoms. The smallest absolute Gasteiger partial charge is 0.124 e. The van der Waals surface area contributed by atoms with E-state index in [-0.39, 0.29) is 12.2 Å². The zero-order valence-electron chi connectivity index (χ0n) is 9.45. The van der Waals surface area contributed by atoms with Gasteiger partial charge in [-0.1, -0.05) is 18.0 Å². The molecule has 3 heteroatoms. The molecule has 0 heterocycles. The maximum Gasteiger partial charge on any atom is 0.124 e. The lowest BCUT2D eigenvalue weighted by Crippen LogP contribution is -2.34. The average molecular weight is 241 g/mol.